The quantitative estimate of drug-likeness (QED) is 0.291. The van der Waals surface area contributed by atoms with Crippen molar-refractivity contribution in [3.8, 4) is 0 Å². The summed E-state index contributed by atoms with van der Waals surface area (Å²) >= 11 is 12.2. The first kappa shape index (κ1) is 28.8. The minimum Gasteiger partial charge on any atom is -0.464 e. The van der Waals surface area contributed by atoms with Crippen molar-refractivity contribution in [3.63, 3.8) is 0 Å². The molecule has 5 rings (SSSR count). The number of ketones is 1. The van der Waals surface area contributed by atoms with E-state index < -0.39 is 23.3 Å². The summed E-state index contributed by atoms with van der Waals surface area (Å²) in [4.78, 5) is 47.5. The van der Waals surface area contributed by atoms with Gasteiger partial charge in [0.05, 0.1) is 27.6 Å². The summed E-state index contributed by atoms with van der Waals surface area (Å²) in [5.41, 5.74) is 3.08. The lowest BCUT2D eigenvalue weighted by Crippen LogP contribution is -2.54. The van der Waals surface area contributed by atoms with E-state index in [1.54, 1.807) is 37.5 Å². The second-order valence-electron chi connectivity index (χ2n) is 10.2. The standard InChI is InChI=1S/C31H30Cl2N4O4/c1-2-41-30(40)24(15-19-8-10-21(11-9-19)36-29(39)26-22(32)17-35-18-23(26)33)37-27-25(20-7-6-14-34-16-20)28(38)31(27)12-4-3-5-13-31/h6-11,14,16-18,24,37H,2-5,12-13,15H2,1H3,(H,36,39)/t24-/m0/s1. The van der Waals surface area contributed by atoms with Crippen molar-refractivity contribution in [2.45, 2.75) is 51.5 Å². The molecular weight excluding hydrogens is 563 g/mol. The Morgan fingerprint density at radius 3 is 2.34 bits per heavy atom. The van der Waals surface area contributed by atoms with Gasteiger partial charge in [-0.05, 0) is 43.5 Å². The van der Waals surface area contributed by atoms with Crippen LogP contribution in [0.5, 0.6) is 0 Å². The van der Waals surface area contributed by atoms with E-state index in [1.165, 1.54) is 12.4 Å². The van der Waals surface area contributed by atoms with Crippen LogP contribution in [0.25, 0.3) is 5.57 Å². The van der Waals surface area contributed by atoms with E-state index in [0.29, 0.717) is 17.7 Å². The number of hydrogen-bond acceptors (Lipinski definition) is 7. The fourth-order valence-corrected chi connectivity index (χ4v) is 6.20. The van der Waals surface area contributed by atoms with E-state index in [9.17, 15) is 14.4 Å². The van der Waals surface area contributed by atoms with Crippen molar-refractivity contribution in [1.29, 1.82) is 0 Å². The molecule has 1 spiro atoms. The van der Waals surface area contributed by atoms with E-state index >= 15 is 0 Å². The summed E-state index contributed by atoms with van der Waals surface area (Å²) in [6, 6.07) is 10.1. The third-order valence-corrected chi connectivity index (χ3v) is 8.24. The van der Waals surface area contributed by atoms with Crippen LogP contribution < -0.4 is 10.6 Å². The molecule has 41 heavy (non-hydrogen) atoms. The molecule has 0 bridgehead atoms. The summed E-state index contributed by atoms with van der Waals surface area (Å²) in [7, 11) is 0. The molecule has 0 saturated heterocycles. The fourth-order valence-electron chi connectivity index (χ4n) is 5.66. The summed E-state index contributed by atoms with van der Waals surface area (Å²) in [6.07, 6.45) is 10.9. The predicted molar refractivity (Wildman–Crippen MR) is 158 cm³/mol. The number of esters is 1. The average molecular weight is 594 g/mol. The van der Waals surface area contributed by atoms with Crippen molar-refractivity contribution in [2.24, 2.45) is 5.41 Å². The molecule has 1 amide bonds. The molecule has 10 heteroatoms. The second kappa shape index (κ2) is 12.4. The first-order valence-electron chi connectivity index (χ1n) is 13.7. The fraction of sp³-hybridized carbons (Fsp3) is 0.323. The molecule has 0 aliphatic heterocycles. The van der Waals surface area contributed by atoms with Gasteiger partial charge in [-0.1, -0.05) is 60.7 Å². The number of carbonyl (C=O) groups excluding carboxylic acids is 3. The Bertz CT molecular complexity index is 1470. The van der Waals surface area contributed by atoms with Crippen LogP contribution in [0.1, 0.15) is 60.5 Å². The number of hydrogen-bond donors (Lipinski definition) is 2. The maximum atomic E-state index is 13.6. The molecule has 2 N–H and O–H groups in total. The number of nitrogens with one attached hydrogen (secondary N) is 2. The summed E-state index contributed by atoms with van der Waals surface area (Å²) in [5.74, 6) is -0.733. The van der Waals surface area contributed by atoms with Crippen LogP contribution in [-0.4, -0.2) is 40.3 Å². The predicted octanol–water partition coefficient (Wildman–Crippen LogP) is 6.04. The van der Waals surface area contributed by atoms with E-state index in [1.807, 2.05) is 18.2 Å². The molecular formula is C31H30Cl2N4O4. The van der Waals surface area contributed by atoms with E-state index in [2.05, 4.69) is 20.6 Å². The van der Waals surface area contributed by atoms with Crippen molar-refractivity contribution < 1.29 is 19.1 Å². The third kappa shape index (κ3) is 5.85. The van der Waals surface area contributed by atoms with Crippen LogP contribution in [-0.2, 0) is 20.7 Å². The number of halogens is 2. The van der Waals surface area contributed by atoms with Crippen LogP contribution >= 0.6 is 23.2 Å². The van der Waals surface area contributed by atoms with Gasteiger partial charge in [0.15, 0.2) is 5.78 Å². The Hall–Kier alpha value is -3.75. The highest BCUT2D eigenvalue weighted by Crippen LogP contribution is 2.54. The average Bonchev–Trinajstić information content (AvgIpc) is 2.98. The highest BCUT2D eigenvalue weighted by atomic mass is 35.5. The van der Waals surface area contributed by atoms with Gasteiger partial charge in [0.2, 0.25) is 0 Å². The van der Waals surface area contributed by atoms with Gasteiger partial charge in [0, 0.05) is 53.7 Å². The molecule has 1 fully saturated rings. The monoisotopic (exact) mass is 592 g/mol. The molecule has 1 atom stereocenters. The molecule has 212 valence electrons. The number of nitrogens with zero attached hydrogens (tertiary/aromatic N) is 2. The van der Waals surface area contributed by atoms with Gasteiger partial charge in [-0.3, -0.25) is 19.6 Å². The van der Waals surface area contributed by atoms with E-state index in [0.717, 1.165) is 48.9 Å². The van der Waals surface area contributed by atoms with Gasteiger partial charge in [-0.25, -0.2) is 4.79 Å². The van der Waals surface area contributed by atoms with Gasteiger partial charge in [0.1, 0.15) is 6.04 Å². The number of anilines is 1. The first-order chi connectivity index (χ1) is 19.8. The van der Waals surface area contributed by atoms with E-state index in [4.69, 9.17) is 27.9 Å². The third-order valence-electron chi connectivity index (χ3n) is 7.67. The highest BCUT2D eigenvalue weighted by Gasteiger charge is 2.54. The Kier molecular flexibility index (Phi) is 8.71. The molecule has 0 unspecified atom stereocenters. The van der Waals surface area contributed by atoms with Gasteiger partial charge in [-0.15, -0.1) is 0 Å². The number of pyridine rings is 2. The minimum absolute atomic E-state index is 0.116. The Morgan fingerprint density at radius 1 is 1.00 bits per heavy atom. The maximum Gasteiger partial charge on any atom is 0.328 e. The molecule has 2 aliphatic rings. The normalized spacial score (nSPS) is 16.6. The van der Waals surface area contributed by atoms with E-state index in [-0.39, 0.29) is 28.0 Å². The Balaban J connectivity index is 1.38. The van der Waals surface area contributed by atoms with Crippen molar-refractivity contribution >= 4 is 52.1 Å². The zero-order valence-corrected chi connectivity index (χ0v) is 24.1. The van der Waals surface area contributed by atoms with Gasteiger partial charge >= 0.3 is 5.97 Å². The van der Waals surface area contributed by atoms with Crippen LogP contribution in [0.2, 0.25) is 10.0 Å². The second-order valence-corrected chi connectivity index (χ2v) is 11.1. The topological polar surface area (TPSA) is 110 Å². The molecule has 2 heterocycles. The van der Waals surface area contributed by atoms with Crippen LogP contribution in [0.15, 0.2) is 66.9 Å². The largest absolute Gasteiger partial charge is 0.464 e. The highest BCUT2D eigenvalue weighted by molar-refractivity contribution is 6.40. The first-order valence-corrected chi connectivity index (χ1v) is 14.4. The van der Waals surface area contributed by atoms with Crippen LogP contribution in [0, 0.1) is 5.41 Å². The van der Waals surface area contributed by atoms with Crippen LogP contribution in [0.3, 0.4) is 0 Å². The SMILES string of the molecule is CCOC(=O)[C@H](Cc1ccc(NC(=O)c2c(Cl)cncc2Cl)cc1)NC1=C(c2cccnc2)C(=O)C12CCCCC2. The number of allylic oxidation sites excluding steroid dienone is 2. The number of ether oxygens (including phenoxy) is 1. The smallest absolute Gasteiger partial charge is 0.328 e. The van der Waals surface area contributed by atoms with Crippen LogP contribution in [0.4, 0.5) is 5.69 Å². The number of amides is 1. The number of carbonyl (C=O) groups is 3. The molecule has 1 aromatic carbocycles. The molecule has 2 aromatic heterocycles. The van der Waals surface area contributed by atoms with Gasteiger partial charge in [0.25, 0.3) is 5.91 Å². The maximum absolute atomic E-state index is 13.6. The lowest BCUT2D eigenvalue weighted by atomic mass is 9.57. The number of Topliss-reactive ketones (excluding diaryl/α,β-unsaturated/α-hetero) is 1. The lowest BCUT2D eigenvalue weighted by Gasteiger charge is -2.48. The lowest BCUT2D eigenvalue weighted by molar-refractivity contribution is -0.145. The van der Waals surface area contributed by atoms with Crippen molar-refractivity contribution in [2.75, 3.05) is 11.9 Å². The zero-order valence-electron chi connectivity index (χ0n) is 22.6. The molecule has 1 saturated carbocycles. The van der Waals surface area contributed by atoms with Gasteiger partial charge < -0.3 is 15.4 Å². The molecule has 0 radical (unpaired) electrons. The number of benzene rings is 1. The summed E-state index contributed by atoms with van der Waals surface area (Å²) in [5, 5.41) is 6.55. The Labute approximate surface area is 248 Å². The van der Waals surface area contributed by atoms with Gasteiger partial charge in [-0.2, -0.15) is 0 Å². The zero-order chi connectivity index (χ0) is 29.0. The number of rotatable bonds is 9. The molecule has 2 aliphatic carbocycles. The summed E-state index contributed by atoms with van der Waals surface area (Å²) in [6.45, 7) is 2.00. The molecule has 8 nitrogen and oxygen atoms in total. The Morgan fingerprint density at radius 2 is 1.71 bits per heavy atom. The van der Waals surface area contributed by atoms with Crippen molar-refractivity contribution in [3.05, 3.63) is 93.6 Å². The molecule has 3 aromatic rings. The van der Waals surface area contributed by atoms with Crippen molar-refractivity contribution in [1.82, 2.24) is 15.3 Å². The number of aromatic nitrogens is 2. The summed E-state index contributed by atoms with van der Waals surface area (Å²) < 4.78 is 5.43. The minimum atomic E-state index is -0.710.